The molecule has 1 N–H and O–H groups in total. The van der Waals surface area contributed by atoms with E-state index in [1.54, 1.807) is 19.1 Å². The molecule has 0 unspecified atom stereocenters. The van der Waals surface area contributed by atoms with Gasteiger partial charge in [0, 0.05) is 13.1 Å². The topological polar surface area (TPSA) is 90.3 Å². The molecule has 0 aromatic heterocycles. The Hall–Kier alpha value is -1.91. The first kappa shape index (κ1) is 15.0. The van der Waals surface area contributed by atoms with Gasteiger partial charge >= 0.3 is 0 Å². The molecule has 0 radical (unpaired) electrons. The highest BCUT2D eigenvalue weighted by Crippen LogP contribution is 2.33. The molecule has 22 heavy (non-hydrogen) atoms. The van der Waals surface area contributed by atoms with Crippen molar-refractivity contribution < 1.29 is 13.2 Å². The molecule has 3 rings (SSSR count). The highest BCUT2D eigenvalue weighted by atomic mass is 32.2. The zero-order valence-corrected chi connectivity index (χ0v) is 13.1. The van der Waals surface area contributed by atoms with Gasteiger partial charge in [-0.3, -0.25) is 4.79 Å². The van der Waals surface area contributed by atoms with Gasteiger partial charge in [-0.05, 0) is 31.4 Å². The normalized spacial score (nSPS) is 25.4. The Labute approximate surface area is 129 Å². The molecule has 7 heteroatoms. The number of fused-ring (bicyclic) bond motifs is 1. The molecule has 2 aliphatic heterocycles. The van der Waals surface area contributed by atoms with Crippen LogP contribution < -0.4 is 5.32 Å². The Morgan fingerprint density at radius 2 is 2.18 bits per heavy atom. The van der Waals surface area contributed by atoms with E-state index in [4.69, 9.17) is 0 Å². The van der Waals surface area contributed by atoms with Crippen molar-refractivity contribution in [2.45, 2.75) is 30.7 Å². The summed E-state index contributed by atoms with van der Waals surface area (Å²) >= 11 is 0. The van der Waals surface area contributed by atoms with Crippen molar-refractivity contribution in [1.82, 2.24) is 9.62 Å². The van der Waals surface area contributed by atoms with Crippen LogP contribution in [0.4, 0.5) is 0 Å². The van der Waals surface area contributed by atoms with Crippen molar-refractivity contribution in [3.8, 4) is 6.07 Å². The number of hydrogen-bond acceptors (Lipinski definition) is 4. The summed E-state index contributed by atoms with van der Waals surface area (Å²) in [6.45, 7) is 2.45. The maximum atomic E-state index is 13.0. The number of sulfonamides is 1. The maximum Gasteiger partial charge on any atom is 0.244 e. The van der Waals surface area contributed by atoms with E-state index in [1.165, 1.54) is 10.4 Å². The van der Waals surface area contributed by atoms with E-state index in [2.05, 4.69) is 5.32 Å². The van der Waals surface area contributed by atoms with E-state index in [-0.39, 0.29) is 28.3 Å². The van der Waals surface area contributed by atoms with Crippen LogP contribution in [0.5, 0.6) is 0 Å². The van der Waals surface area contributed by atoms with E-state index >= 15 is 0 Å². The third-order valence-electron chi connectivity index (χ3n) is 4.48. The standard InChI is InChI=1S/C15H17N3O3S/c1-10-4-2-6-14(12(10)8-16)22(20,21)18-7-3-5-11-13(18)9-17-15(11)19/h2,4,6,11,13H,3,5,7,9H2,1H3,(H,17,19)/t11-,13-/m1/s1. The first-order chi connectivity index (χ1) is 10.5. The number of aryl methyl sites for hydroxylation is 1. The number of nitriles is 1. The number of rotatable bonds is 2. The average Bonchev–Trinajstić information content (AvgIpc) is 2.88. The van der Waals surface area contributed by atoms with Crippen molar-refractivity contribution in [1.29, 1.82) is 5.26 Å². The van der Waals surface area contributed by atoms with Gasteiger partial charge < -0.3 is 5.32 Å². The van der Waals surface area contributed by atoms with Crippen LogP contribution in [0.2, 0.25) is 0 Å². The van der Waals surface area contributed by atoms with Crippen LogP contribution in [0, 0.1) is 24.2 Å². The van der Waals surface area contributed by atoms with Crippen LogP contribution in [0.25, 0.3) is 0 Å². The molecule has 2 aliphatic rings. The lowest BCUT2D eigenvalue weighted by Crippen LogP contribution is -2.48. The summed E-state index contributed by atoms with van der Waals surface area (Å²) in [4.78, 5) is 11.8. The van der Waals surface area contributed by atoms with Gasteiger partial charge in [0.05, 0.1) is 17.5 Å². The van der Waals surface area contributed by atoms with Crippen molar-refractivity contribution in [2.24, 2.45) is 5.92 Å². The predicted molar refractivity (Wildman–Crippen MR) is 79.3 cm³/mol. The van der Waals surface area contributed by atoms with Crippen molar-refractivity contribution >= 4 is 15.9 Å². The quantitative estimate of drug-likeness (QED) is 0.871. The number of benzene rings is 1. The van der Waals surface area contributed by atoms with E-state index in [1.807, 2.05) is 6.07 Å². The Kier molecular flexibility index (Phi) is 3.67. The number of amides is 1. The molecule has 6 nitrogen and oxygen atoms in total. The summed E-state index contributed by atoms with van der Waals surface area (Å²) in [6.07, 6.45) is 1.36. The minimum absolute atomic E-state index is 0.0370. The van der Waals surface area contributed by atoms with Gasteiger partial charge in [0.1, 0.15) is 11.0 Å². The Morgan fingerprint density at radius 3 is 2.91 bits per heavy atom. The van der Waals surface area contributed by atoms with E-state index in [0.717, 1.165) is 0 Å². The SMILES string of the molecule is Cc1cccc(S(=O)(=O)N2CCC[C@H]3C(=O)NC[C@H]32)c1C#N. The summed E-state index contributed by atoms with van der Waals surface area (Å²) in [6, 6.07) is 6.47. The minimum Gasteiger partial charge on any atom is -0.354 e. The molecule has 1 aromatic carbocycles. The fourth-order valence-electron chi connectivity index (χ4n) is 3.34. The molecule has 2 saturated heterocycles. The van der Waals surface area contributed by atoms with Crippen molar-refractivity contribution in [3.05, 3.63) is 29.3 Å². The molecular weight excluding hydrogens is 302 g/mol. The molecule has 2 atom stereocenters. The van der Waals surface area contributed by atoms with Gasteiger partial charge in [0.2, 0.25) is 15.9 Å². The molecule has 2 fully saturated rings. The van der Waals surface area contributed by atoms with E-state index < -0.39 is 10.0 Å². The first-order valence-corrected chi connectivity index (χ1v) is 8.70. The molecule has 116 valence electrons. The third kappa shape index (κ3) is 2.19. The van der Waals surface area contributed by atoms with Gasteiger partial charge in [-0.25, -0.2) is 8.42 Å². The number of nitrogens with zero attached hydrogens (tertiary/aromatic N) is 2. The van der Waals surface area contributed by atoms with Gasteiger partial charge in [-0.2, -0.15) is 9.57 Å². The Balaban J connectivity index is 2.06. The molecule has 0 saturated carbocycles. The first-order valence-electron chi connectivity index (χ1n) is 7.26. The molecule has 1 aromatic rings. The van der Waals surface area contributed by atoms with Crippen LogP contribution in [-0.4, -0.2) is 37.8 Å². The summed E-state index contributed by atoms with van der Waals surface area (Å²) in [7, 11) is -3.79. The minimum atomic E-state index is -3.79. The predicted octanol–water partition coefficient (Wildman–Crippen LogP) is 0.766. The van der Waals surface area contributed by atoms with Crippen LogP contribution in [0.3, 0.4) is 0 Å². The number of piperidine rings is 1. The van der Waals surface area contributed by atoms with Crippen LogP contribution in [0.15, 0.2) is 23.1 Å². The molecule has 0 aliphatic carbocycles. The number of carbonyl (C=O) groups excluding carboxylic acids is 1. The number of hydrogen-bond donors (Lipinski definition) is 1. The highest BCUT2D eigenvalue weighted by Gasteiger charge is 2.46. The fraction of sp³-hybridized carbons (Fsp3) is 0.467. The van der Waals surface area contributed by atoms with Gasteiger partial charge in [0.15, 0.2) is 0 Å². The van der Waals surface area contributed by atoms with E-state index in [0.29, 0.717) is 31.5 Å². The summed E-state index contributed by atoms with van der Waals surface area (Å²) in [5.74, 6) is -0.353. The Bertz CT molecular complexity index is 767. The van der Waals surface area contributed by atoms with Crippen LogP contribution in [0.1, 0.15) is 24.0 Å². The summed E-state index contributed by atoms with van der Waals surface area (Å²) in [5, 5.41) is 12.0. The van der Waals surface area contributed by atoms with Crippen molar-refractivity contribution in [2.75, 3.05) is 13.1 Å². The average molecular weight is 319 g/mol. The van der Waals surface area contributed by atoms with Crippen LogP contribution >= 0.6 is 0 Å². The van der Waals surface area contributed by atoms with E-state index in [9.17, 15) is 18.5 Å². The van der Waals surface area contributed by atoms with Crippen molar-refractivity contribution in [3.63, 3.8) is 0 Å². The lowest BCUT2D eigenvalue weighted by molar-refractivity contribution is -0.123. The van der Waals surface area contributed by atoms with Crippen LogP contribution in [-0.2, 0) is 14.8 Å². The Morgan fingerprint density at radius 1 is 1.41 bits per heavy atom. The monoisotopic (exact) mass is 319 g/mol. The molecular formula is C15H17N3O3S. The zero-order chi connectivity index (χ0) is 15.9. The second kappa shape index (κ2) is 5.38. The smallest absolute Gasteiger partial charge is 0.244 e. The maximum absolute atomic E-state index is 13.0. The molecule has 1 amide bonds. The van der Waals surface area contributed by atoms with Gasteiger partial charge in [-0.15, -0.1) is 0 Å². The lowest BCUT2D eigenvalue weighted by atomic mass is 9.93. The summed E-state index contributed by atoms with van der Waals surface area (Å²) in [5.41, 5.74) is 0.819. The molecule has 0 bridgehead atoms. The second-order valence-corrected chi connectivity index (χ2v) is 7.60. The fourth-order valence-corrected chi connectivity index (χ4v) is 5.25. The number of carbonyl (C=O) groups is 1. The highest BCUT2D eigenvalue weighted by molar-refractivity contribution is 7.89. The van der Waals surface area contributed by atoms with Gasteiger partial charge in [-0.1, -0.05) is 12.1 Å². The molecule has 2 heterocycles. The molecule has 0 spiro atoms. The third-order valence-corrected chi connectivity index (χ3v) is 6.45. The second-order valence-electron chi connectivity index (χ2n) is 5.74. The van der Waals surface area contributed by atoms with Gasteiger partial charge in [0.25, 0.3) is 0 Å². The zero-order valence-electron chi connectivity index (χ0n) is 12.2. The summed E-state index contributed by atoms with van der Waals surface area (Å²) < 4.78 is 27.4. The number of nitrogens with one attached hydrogen (secondary N) is 1. The lowest BCUT2D eigenvalue weighted by Gasteiger charge is -2.35. The largest absolute Gasteiger partial charge is 0.354 e.